The molecule has 2 aromatic carbocycles. The van der Waals surface area contributed by atoms with Gasteiger partial charge in [-0.1, -0.05) is 41.9 Å². The van der Waals surface area contributed by atoms with Crippen molar-refractivity contribution in [2.75, 3.05) is 5.73 Å². The molecule has 0 amide bonds. The number of fused-ring (bicyclic) bond motifs is 1. The van der Waals surface area contributed by atoms with Crippen molar-refractivity contribution < 1.29 is 0 Å². The summed E-state index contributed by atoms with van der Waals surface area (Å²) in [5.41, 5.74) is 6.52. The highest BCUT2D eigenvalue weighted by molar-refractivity contribution is 7.98. The first-order valence-corrected chi connectivity index (χ1v) is 7.61. The molecule has 20 heavy (non-hydrogen) atoms. The molecule has 3 aromatic rings. The van der Waals surface area contributed by atoms with E-state index in [0.29, 0.717) is 16.6 Å². The molecule has 3 rings (SSSR count). The standard InChI is InChI=1S/C16H13ClN2S/c17-14-7-8-16(18)19-15(14)10-20-13-6-5-11-3-1-2-4-12(11)9-13/h1-9H,10H2,(H2,18,19). The Morgan fingerprint density at radius 2 is 1.80 bits per heavy atom. The van der Waals surface area contributed by atoms with Crippen LogP contribution in [0.5, 0.6) is 0 Å². The maximum Gasteiger partial charge on any atom is 0.123 e. The molecule has 0 saturated heterocycles. The maximum absolute atomic E-state index is 6.13. The van der Waals surface area contributed by atoms with Gasteiger partial charge in [-0.15, -0.1) is 11.8 Å². The summed E-state index contributed by atoms with van der Waals surface area (Å²) in [6.45, 7) is 0. The largest absolute Gasteiger partial charge is 0.384 e. The Kier molecular flexibility index (Phi) is 3.81. The zero-order valence-electron chi connectivity index (χ0n) is 10.7. The summed E-state index contributed by atoms with van der Waals surface area (Å²) < 4.78 is 0. The third-order valence-corrected chi connectivity index (χ3v) is 4.39. The number of nitrogen functional groups attached to an aromatic ring is 1. The van der Waals surface area contributed by atoms with Gasteiger partial charge in [0.25, 0.3) is 0 Å². The van der Waals surface area contributed by atoms with E-state index in [0.717, 1.165) is 5.69 Å². The van der Waals surface area contributed by atoms with Gasteiger partial charge in [-0.3, -0.25) is 0 Å². The molecule has 0 saturated carbocycles. The summed E-state index contributed by atoms with van der Waals surface area (Å²) in [5.74, 6) is 1.21. The summed E-state index contributed by atoms with van der Waals surface area (Å²) in [6.07, 6.45) is 0. The zero-order valence-corrected chi connectivity index (χ0v) is 12.3. The zero-order chi connectivity index (χ0) is 13.9. The van der Waals surface area contributed by atoms with Crippen LogP contribution in [0.4, 0.5) is 5.82 Å². The van der Waals surface area contributed by atoms with E-state index in [9.17, 15) is 0 Å². The second kappa shape index (κ2) is 5.73. The minimum Gasteiger partial charge on any atom is -0.384 e. The third kappa shape index (κ3) is 2.89. The molecule has 0 radical (unpaired) electrons. The van der Waals surface area contributed by atoms with Crippen molar-refractivity contribution in [2.24, 2.45) is 0 Å². The number of nitrogens with two attached hydrogens (primary N) is 1. The molecule has 1 aromatic heterocycles. The highest BCUT2D eigenvalue weighted by atomic mass is 35.5. The first-order valence-electron chi connectivity index (χ1n) is 6.25. The Labute approximate surface area is 127 Å². The molecular formula is C16H13ClN2S. The molecular weight excluding hydrogens is 288 g/mol. The lowest BCUT2D eigenvalue weighted by Gasteiger charge is -2.06. The SMILES string of the molecule is Nc1ccc(Cl)c(CSc2ccc3ccccc3c2)n1. The van der Waals surface area contributed by atoms with Crippen LogP contribution in [0.3, 0.4) is 0 Å². The lowest BCUT2D eigenvalue weighted by Crippen LogP contribution is -1.95. The monoisotopic (exact) mass is 300 g/mol. The quantitative estimate of drug-likeness (QED) is 0.709. The molecule has 2 nitrogen and oxygen atoms in total. The molecule has 0 spiro atoms. The second-order valence-corrected chi connectivity index (χ2v) is 5.92. The van der Waals surface area contributed by atoms with Crippen molar-refractivity contribution in [3.63, 3.8) is 0 Å². The Hall–Kier alpha value is -1.71. The number of hydrogen-bond donors (Lipinski definition) is 1. The van der Waals surface area contributed by atoms with E-state index in [4.69, 9.17) is 17.3 Å². The smallest absolute Gasteiger partial charge is 0.123 e. The molecule has 1 heterocycles. The van der Waals surface area contributed by atoms with E-state index in [-0.39, 0.29) is 0 Å². The molecule has 100 valence electrons. The Morgan fingerprint density at radius 1 is 1.00 bits per heavy atom. The highest BCUT2D eigenvalue weighted by Gasteiger charge is 2.04. The maximum atomic E-state index is 6.13. The number of aromatic nitrogens is 1. The number of hydrogen-bond acceptors (Lipinski definition) is 3. The van der Waals surface area contributed by atoms with Crippen molar-refractivity contribution in [3.8, 4) is 0 Å². The van der Waals surface area contributed by atoms with Crippen LogP contribution in [-0.2, 0) is 5.75 Å². The molecule has 0 unspecified atom stereocenters. The van der Waals surface area contributed by atoms with Gasteiger partial charge in [0, 0.05) is 10.6 Å². The summed E-state index contributed by atoms with van der Waals surface area (Å²) in [7, 11) is 0. The molecule has 0 aliphatic carbocycles. The van der Waals surface area contributed by atoms with E-state index in [1.807, 2.05) is 12.1 Å². The van der Waals surface area contributed by atoms with Gasteiger partial charge in [-0.25, -0.2) is 4.98 Å². The Bertz CT molecular complexity index is 758. The van der Waals surface area contributed by atoms with Gasteiger partial charge in [-0.2, -0.15) is 0 Å². The molecule has 0 bridgehead atoms. The van der Waals surface area contributed by atoms with Gasteiger partial charge in [0.1, 0.15) is 5.82 Å². The minimum absolute atomic E-state index is 0.503. The normalized spacial score (nSPS) is 10.8. The van der Waals surface area contributed by atoms with Gasteiger partial charge in [0.05, 0.1) is 10.7 Å². The van der Waals surface area contributed by atoms with E-state index >= 15 is 0 Å². The predicted octanol–water partition coefficient (Wildman–Crippen LogP) is 4.76. The highest BCUT2D eigenvalue weighted by Crippen LogP contribution is 2.28. The van der Waals surface area contributed by atoms with E-state index < -0.39 is 0 Å². The molecule has 2 N–H and O–H groups in total. The number of benzene rings is 2. The van der Waals surface area contributed by atoms with Crippen LogP contribution in [0.15, 0.2) is 59.5 Å². The summed E-state index contributed by atoms with van der Waals surface area (Å²) in [6, 6.07) is 18.3. The van der Waals surface area contributed by atoms with E-state index in [2.05, 4.69) is 35.3 Å². The van der Waals surface area contributed by atoms with Crippen molar-refractivity contribution in [1.29, 1.82) is 0 Å². The fourth-order valence-electron chi connectivity index (χ4n) is 2.01. The third-order valence-electron chi connectivity index (χ3n) is 3.04. The summed E-state index contributed by atoms with van der Waals surface area (Å²) in [4.78, 5) is 5.47. The van der Waals surface area contributed by atoms with E-state index in [1.165, 1.54) is 15.7 Å². The number of thioether (sulfide) groups is 1. The number of nitrogens with zero attached hydrogens (tertiary/aromatic N) is 1. The Morgan fingerprint density at radius 3 is 2.65 bits per heavy atom. The topological polar surface area (TPSA) is 38.9 Å². The fraction of sp³-hybridized carbons (Fsp3) is 0.0625. The van der Waals surface area contributed by atoms with Gasteiger partial charge >= 0.3 is 0 Å². The van der Waals surface area contributed by atoms with Crippen LogP contribution in [0.2, 0.25) is 5.02 Å². The second-order valence-electron chi connectivity index (χ2n) is 4.46. The average Bonchev–Trinajstić information content (AvgIpc) is 2.48. The fourth-order valence-corrected chi connectivity index (χ4v) is 3.16. The number of halogens is 1. The lowest BCUT2D eigenvalue weighted by molar-refractivity contribution is 1.18. The number of anilines is 1. The van der Waals surface area contributed by atoms with Gasteiger partial charge in [-0.05, 0) is 35.0 Å². The number of pyridine rings is 1. The molecule has 0 aliphatic rings. The van der Waals surface area contributed by atoms with Crippen LogP contribution in [0.1, 0.15) is 5.69 Å². The van der Waals surface area contributed by atoms with Crippen molar-refractivity contribution in [1.82, 2.24) is 4.98 Å². The predicted molar refractivity (Wildman–Crippen MR) is 87.2 cm³/mol. The Balaban J connectivity index is 1.81. The van der Waals surface area contributed by atoms with Crippen LogP contribution in [0.25, 0.3) is 10.8 Å². The van der Waals surface area contributed by atoms with Crippen LogP contribution in [0, 0.1) is 0 Å². The van der Waals surface area contributed by atoms with Gasteiger partial charge < -0.3 is 5.73 Å². The van der Waals surface area contributed by atoms with Crippen molar-refractivity contribution in [2.45, 2.75) is 10.6 Å². The van der Waals surface area contributed by atoms with Gasteiger partial charge in [0.15, 0.2) is 0 Å². The summed E-state index contributed by atoms with van der Waals surface area (Å²) >= 11 is 7.83. The van der Waals surface area contributed by atoms with Crippen molar-refractivity contribution >= 4 is 40.0 Å². The number of rotatable bonds is 3. The average molecular weight is 301 g/mol. The first kappa shape index (κ1) is 13.3. The van der Waals surface area contributed by atoms with Crippen molar-refractivity contribution in [3.05, 3.63) is 65.3 Å². The summed E-state index contributed by atoms with van der Waals surface area (Å²) in [5, 5.41) is 3.15. The minimum atomic E-state index is 0.503. The lowest BCUT2D eigenvalue weighted by atomic mass is 10.1. The van der Waals surface area contributed by atoms with Crippen LogP contribution >= 0.6 is 23.4 Å². The molecule has 0 atom stereocenters. The van der Waals surface area contributed by atoms with Crippen LogP contribution in [-0.4, -0.2) is 4.98 Å². The first-order chi connectivity index (χ1) is 9.72. The van der Waals surface area contributed by atoms with E-state index in [1.54, 1.807) is 23.9 Å². The molecule has 4 heteroatoms. The van der Waals surface area contributed by atoms with Crippen LogP contribution < -0.4 is 5.73 Å². The van der Waals surface area contributed by atoms with Gasteiger partial charge in [0.2, 0.25) is 0 Å². The molecule has 0 aliphatic heterocycles. The molecule has 0 fully saturated rings.